The fraction of sp³-hybridized carbons (Fsp3) is 0.111. The first-order valence-corrected chi connectivity index (χ1v) is 7.66. The number of amides is 1. The van der Waals surface area contributed by atoms with E-state index >= 15 is 0 Å². The number of carbonyl (C=O) groups excluding carboxylic acids is 1. The van der Waals surface area contributed by atoms with Gasteiger partial charge in [0.05, 0.1) is 0 Å². The maximum atomic E-state index is 12.2. The highest BCUT2D eigenvalue weighted by Gasteiger charge is 2.15. The van der Waals surface area contributed by atoms with Crippen molar-refractivity contribution in [1.82, 2.24) is 0 Å². The predicted octanol–water partition coefficient (Wildman–Crippen LogP) is 3.85. The first-order valence-electron chi connectivity index (χ1n) is 7.28. The first kappa shape index (κ1) is 16.1. The van der Waals surface area contributed by atoms with E-state index < -0.39 is 11.7 Å². The molecule has 6 heteroatoms. The third-order valence-electron chi connectivity index (χ3n) is 3.37. The van der Waals surface area contributed by atoms with Gasteiger partial charge in [-0.1, -0.05) is 17.7 Å². The normalized spacial score (nSPS) is 11.9. The number of benzene rings is 2. The van der Waals surface area contributed by atoms with Gasteiger partial charge in [-0.3, -0.25) is 4.79 Å². The number of fused-ring (bicyclic) bond motifs is 1. The Morgan fingerprint density at radius 1 is 1.17 bits per heavy atom. The average Bonchev–Trinajstić information content (AvgIpc) is 2.54. The molecule has 122 valence electrons. The van der Waals surface area contributed by atoms with E-state index in [-0.39, 0.29) is 5.91 Å². The molecule has 5 nitrogen and oxygen atoms in total. The molecule has 24 heavy (non-hydrogen) atoms. The van der Waals surface area contributed by atoms with E-state index in [1.54, 1.807) is 55.5 Å². The number of nitrogens with one attached hydrogen (secondary N) is 1. The van der Waals surface area contributed by atoms with Crippen LogP contribution in [0.4, 0.5) is 5.69 Å². The molecule has 0 aliphatic heterocycles. The molecule has 0 spiro atoms. The molecule has 0 saturated heterocycles. The molecule has 1 amide bonds. The van der Waals surface area contributed by atoms with Crippen LogP contribution in [0.3, 0.4) is 0 Å². The zero-order valence-electron chi connectivity index (χ0n) is 12.8. The molecule has 1 N–H and O–H groups in total. The summed E-state index contributed by atoms with van der Waals surface area (Å²) in [4.78, 5) is 23.5. The molecule has 3 rings (SSSR count). The smallest absolute Gasteiger partial charge is 0.336 e. The van der Waals surface area contributed by atoms with E-state index in [4.69, 9.17) is 20.8 Å². The number of carbonyl (C=O) groups is 1. The third kappa shape index (κ3) is 3.75. The van der Waals surface area contributed by atoms with Crippen LogP contribution in [-0.2, 0) is 4.79 Å². The quantitative estimate of drug-likeness (QED) is 0.730. The van der Waals surface area contributed by atoms with Gasteiger partial charge in [0.1, 0.15) is 11.3 Å². The van der Waals surface area contributed by atoms with Crippen LogP contribution in [0.15, 0.2) is 63.8 Å². The number of ether oxygens (including phenoxy) is 1. The third-order valence-corrected chi connectivity index (χ3v) is 3.60. The molecular formula is C18H14ClNO4. The summed E-state index contributed by atoms with van der Waals surface area (Å²) in [5.74, 6) is 0.123. The molecule has 0 radical (unpaired) electrons. The van der Waals surface area contributed by atoms with Gasteiger partial charge in [0.25, 0.3) is 5.91 Å². The molecule has 0 fully saturated rings. The number of hydrogen-bond acceptors (Lipinski definition) is 4. The van der Waals surface area contributed by atoms with Crippen LogP contribution in [0.5, 0.6) is 5.75 Å². The van der Waals surface area contributed by atoms with Gasteiger partial charge in [-0.2, -0.15) is 0 Å². The molecule has 1 unspecified atom stereocenters. The SMILES string of the molecule is CC(Oc1ccc2ccc(=O)oc2c1)C(=O)Nc1cccc(Cl)c1. The summed E-state index contributed by atoms with van der Waals surface area (Å²) in [6.45, 7) is 1.63. The minimum absolute atomic E-state index is 0.313. The molecular weight excluding hydrogens is 330 g/mol. The Labute approximate surface area is 142 Å². The first-order chi connectivity index (χ1) is 11.5. The van der Waals surface area contributed by atoms with Crippen molar-refractivity contribution in [3.63, 3.8) is 0 Å². The Hall–Kier alpha value is -2.79. The second-order valence-electron chi connectivity index (χ2n) is 5.21. The van der Waals surface area contributed by atoms with Crippen LogP contribution in [0.1, 0.15) is 6.92 Å². The summed E-state index contributed by atoms with van der Waals surface area (Å²) in [5, 5.41) is 4.04. The zero-order chi connectivity index (χ0) is 17.1. The molecule has 2 aromatic carbocycles. The Morgan fingerprint density at radius 2 is 1.96 bits per heavy atom. The Kier molecular flexibility index (Phi) is 4.53. The van der Waals surface area contributed by atoms with Crippen molar-refractivity contribution in [2.75, 3.05) is 5.32 Å². The van der Waals surface area contributed by atoms with Gasteiger partial charge in [0, 0.05) is 28.2 Å². The molecule has 0 aliphatic rings. The maximum Gasteiger partial charge on any atom is 0.336 e. The van der Waals surface area contributed by atoms with Crippen LogP contribution in [-0.4, -0.2) is 12.0 Å². The van der Waals surface area contributed by atoms with Crippen molar-refractivity contribution in [2.45, 2.75) is 13.0 Å². The van der Waals surface area contributed by atoms with Crippen LogP contribution < -0.4 is 15.7 Å². The van der Waals surface area contributed by atoms with Crippen LogP contribution in [0.25, 0.3) is 11.0 Å². The van der Waals surface area contributed by atoms with Gasteiger partial charge in [-0.15, -0.1) is 0 Å². The van der Waals surface area contributed by atoms with Crippen molar-refractivity contribution in [3.05, 3.63) is 70.0 Å². The highest BCUT2D eigenvalue weighted by Crippen LogP contribution is 2.21. The lowest BCUT2D eigenvalue weighted by Crippen LogP contribution is -2.30. The molecule has 0 bridgehead atoms. The van der Waals surface area contributed by atoms with E-state index in [9.17, 15) is 9.59 Å². The lowest BCUT2D eigenvalue weighted by atomic mass is 10.2. The average molecular weight is 344 g/mol. The second kappa shape index (κ2) is 6.76. The monoisotopic (exact) mass is 343 g/mol. The van der Waals surface area contributed by atoms with Gasteiger partial charge >= 0.3 is 5.63 Å². The van der Waals surface area contributed by atoms with Crippen molar-refractivity contribution >= 4 is 34.2 Å². The topological polar surface area (TPSA) is 68.5 Å². The highest BCUT2D eigenvalue weighted by atomic mass is 35.5. The molecule has 3 aromatic rings. The minimum atomic E-state index is -0.739. The maximum absolute atomic E-state index is 12.2. The van der Waals surface area contributed by atoms with Crippen molar-refractivity contribution in [2.24, 2.45) is 0 Å². The van der Waals surface area contributed by atoms with Crippen LogP contribution in [0, 0.1) is 0 Å². The summed E-state index contributed by atoms with van der Waals surface area (Å²) in [6, 6.07) is 14.9. The van der Waals surface area contributed by atoms with Gasteiger partial charge in [0.15, 0.2) is 6.10 Å². The van der Waals surface area contributed by atoms with E-state index in [0.717, 1.165) is 5.39 Å². The standard InChI is InChI=1S/C18H14ClNO4/c1-11(18(22)20-14-4-2-3-13(19)9-14)23-15-7-5-12-6-8-17(21)24-16(12)10-15/h2-11H,1H3,(H,20,22). The Balaban J connectivity index is 1.72. The fourth-order valence-electron chi connectivity index (χ4n) is 2.18. The molecule has 1 aromatic heterocycles. The number of anilines is 1. The summed E-state index contributed by atoms with van der Waals surface area (Å²) in [7, 11) is 0. The fourth-order valence-corrected chi connectivity index (χ4v) is 2.37. The van der Waals surface area contributed by atoms with Gasteiger partial charge < -0.3 is 14.5 Å². The van der Waals surface area contributed by atoms with Crippen molar-refractivity contribution < 1.29 is 13.9 Å². The minimum Gasteiger partial charge on any atom is -0.481 e. The molecule has 1 heterocycles. The van der Waals surface area contributed by atoms with Gasteiger partial charge in [-0.25, -0.2) is 4.79 Å². The lowest BCUT2D eigenvalue weighted by Gasteiger charge is -2.15. The van der Waals surface area contributed by atoms with Crippen LogP contribution >= 0.6 is 11.6 Å². The number of rotatable bonds is 4. The molecule has 1 atom stereocenters. The molecule has 0 saturated carbocycles. The van der Waals surface area contributed by atoms with E-state index in [2.05, 4.69) is 5.32 Å². The zero-order valence-corrected chi connectivity index (χ0v) is 13.5. The summed E-state index contributed by atoms with van der Waals surface area (Å²) < 4.78 is 10.7. The summed E-state index contributed by atoms with van der Waals surface area (Å²) in [6.07, 6.45) is -0.739. The Bertz CT molecular complexity index is 951. The number of halogens is 1. The molecule has 0 aliphatic carbocycles. The van der Waals surface area contributed by atoms with Crippen LogP contribution in [0.2, 0.25) is 5.02 Å². The van der Waals surface area contributed by atoms with Crippen molar-refractivity contribution in [3.8, 4) is 5.75 Å². The number of hydrogen-bond donors (Lipinski definition) is 1. The second-order valence-corrected chi connectivity index (χ2v) is 5.65. The predicted molar refractivity (Wildman–Crippen MR) is 92.7 cm³/mol. The lowest BCUT2D eigenvalue weighted by molar-refractivity contribution is -0.122. The van der Waals surface area contributed by atoms with E-state index in [1.165, 1.54) is 6.07 Å². The van der Waals surface area contributed by atoms with E-state index in [0.29, 0.717) is 22.0 Å². The van der Waals surface area contributed by atoms with Gasteiger partial charge in [0.2, 0.25) is 0 Å². The van der Waals surface area contributed by atoms with E-state index in [1.807, 2.05) is 0 Å². The van der Waals surface area contributed by atoms with Gasteiger partial charge in [-0.05, 0) is 43.3 Å². The summed E-state index contributed by atoms with van der Waals surface area (Å²) in [5.41, 5.74) is 0.557. The Morgan fingerprint density at radius 3 is 2.75 bits per heavy atom. The highest BCUT2D eigenvalue weighted by molar-refractivity contribution is 6.30. The largest absolute Gasteiger partial charge is 0.481 e. The van der Waals surface area contributed by atoms with Crippen molar-refractivity contribution in [1.29, 1.82) is 0 Å². The summed E-state index contributed by atoms with van der Waals surface area (Å²) >= 11 is 5.89.